The number of nitrogens with zero attached hydrogens (tertiary/aromatic N) is 2. The summed E-state index contributed by atoms with van der Waals surface area (Å²) in [5, 5.41) is 9.65. The molecule has 3 heteroatoms. The molecule has 0 amide bonds. The highest BCUT2D eigenvalue weighted by Crippen LogP contribution is 2.46. The number of fused-ring (bicyclic) bond motifs is 9. The van der Waals surface area contributed by atoms with Crippen molar-refractivity contribution in [3.8, 4) is 27.9 Å². The smallest absolute Gasteiger partial charge is 0.137 e. The SMILES string of the molecule is c1ccc(-c2cccc(N(c3ccc4c(c3)oc3ccccc34)c3ccccc3-n3c4ccccc4c4c5c(-c6ccc7ccccc7c6)cccc5ccc43)c2)cc1. The molecule has 0 aliphatic heterocycles. The minimum Gasteiger partial charge on any atom is -0.456 e. The van der Waals surface area contributed by atoms with E-state index in [4.69, 9.17) is 4.42 Å². The average molecular weight is 753 g/mol. The fourth-order valence-corrected chi connectivity index (χ4v) is 9.27. The Labute approximate surface area is 341 Å². The maximum absolute atomic E-state index is 6.51. The van der Waals surface area contributed by atoms with Crippen LogP contribution in [-0.2, 0) is 0 Å². The van der Waals surface area contributed by atoms with Crippen molar-refractivity contribution in [1.82, 2.24) is 4.57 Å². The monoisotopic (exact) mass is 752 g/mol. The topological polar surface area (TPSA) is 21.3 Å². The number of aromatic nitrogens is 1. The normalized spacial score (nSPS) is 11.7. The molecular weight excluding hydrogens is 717 g/mol. The fourth-order valence-electron chi connectivity index (χ4n) is 9.27. The van der Waals surface area contributed by atoms with E-state index in [0.717, 1.165) is 61.3 Å². The molecular formula is C56H36N2O. The largest absolute Gasteiger partial charge is 0.456 e. The van der Waals surface area contributed by atoms with Crippen molar-refractivity contribution in [3.05, 3.63) is 218 Å². The van der Waals surface area contributed by atoms with Gasteiger partial charge in [0.1, 0.15) is 11.2 Å². The van der Waals surface area contributed by atoms with Crippen molar-refractivity contribution in [1.29, 1.82) is 0 Å². The van der Waals surface area contributed by atoms with E-state index in [2.05, 4.69) is 216 Å². The highest BCUT2D eigenvalue weighted by molar-refractivity contribution is 6.25. The zero-order valence-electron chi connectivity index (χ0n) is 32.1. The maximum atomic E-state index is 6.51. The molecule has 0 aliphatic rings. The summed E-state index contributed by atoms with van der Waals surface area (Å²) in [4.78, 5) is 2.39. The van der Waals surface area contributed by atoms with Crippen LogP contribution >= 0.6 is 0 Å². The highest BCUT2D eigenvalue weighted by atomic mass is 16.3. The third kappa shape index (κ3) is 5.36. The van der Waals surface area contributed by atoms with E-state index in [1.165, 1.54) is 49.0 Å². The first-order valence-electron chi connectivity index (χ1n) is 20.2. The highest BCUT2D eigenvalue weighted by Gasteiger charge is 2.23. The second kappa shape index (κ2) is 13.4. The number of anilines is 3. The van der Waals surface area contributed by atoms with Crippen molar-refractivity contribution in [3.63, 3.8) is 0 Å². The summed E-state index contributed by atoms with van der Waals surface area (Å²) in [6, 6.07) is 78.8. The number of para-hydroxylation sites is 4. The van der Waals surface area contributed by atoms with Gasteiger partial charge in [-0.15, -0.1) is 0 Å². The molecule has 0 N–H and O–H groups in total. The maximum Gasteiger partial charge on any atom is 0.137 e. The van der Waals surface area contributed by atoms with Crippen molar-refractivity contribution in [2.75, 3.05) is 4.90 Å². The van der Waals surface area contributed by atoms with Crippen LogP contribution in [0.1, 0.15) is 0 Å². The molecule has 59 heavy (non-hydrogen) atoms. The van der Waals surface area contributed by atoms with E-state index < -0.39 is 0 Å². The molecule has 0 saturated heterocycles. The molecule has 0 fully saturated rings. The Bertz CT molecular complexity index is 3580. The second-order valence-electron chi connectivity index (χ2n) is 15.3. The molecule has 3 nitrogen and oxygen atoms in total. The second-order valence-corrected chi connectivity index (χ2v) is 15.3. The van der Waals surface area contributed by atoms with Crippen molar-refractivity contribution >= 4 is 82.4 Å². The van der Waals surface area contributed by atoms with Gasteiger partial charge in [0.2, 0.25) is 0 Å². The van der Waals surface area contributed by atoms with E-state index in [1.54, 1.807) is 0 Å². The molecule has 2 aromatic heterocycles. The molecule has 0 atom stereocenters. The van der Waals surface area contributed by atoms with Crippen LogP contribution in [0.15, 0.2) is 223 Å². The predicted octanol–water partition coefficient (Wildman–Crippen LogP) is 15.8. The minimum absolute atomic E-state index is 0.856. The quantitative estimate of drug-likeness (QED) is 0.169. The van der Waals surface area contributed by atoms with Gasteiger partial charge >= 0.3 is 0 Å². The summed E-state index contributed by atoms with van der Waals surface area (Å²) in [6.45, 7) is 0. The first-order chi connectivity index (χ1) is 29.3. The lowest BCUT2D eigenvalue weighted by Gasteiger charge is -2.28. The summed E-state index contributed by atoms with van der Waals surface area (Å²) in [5.41, 5.74) is 13.0. The van der Waals surface area contributed by atoms with Crippen molar-refractivity contribution in [2.45, 2.75) is 0 Å². The van der Waals surface area contributed by atoms with E-state index >= 15 is 0 Å². The van der Waals surface area contributed by atoms with Gasteiger partial charge in [0.05, 0.1) is 22.4 Å². The molecule has 276 valence electrons. The molecule has 12 rings (SSSR count). The molecule has 10 aromatic carbocycles. The van der Waals surface area contributed by atoms with Gasteiger partial charge in [-0.1, -0.05) is 152 Å². The lowest BCUT2D eigenvalue weighted by molar-refractivity contribution is 0.669. The number of rotatable bonds is 6. The van der Waals surface area contributed by atoms with Gasteiger partial charge in [-0.2, -0.15) is 0 Å². The van der Waals surface area contributed by atoms with Crippen LogP contribution < -0.4 is 4.90 Å². The zero-order chi connectivity index (χ0) is 38.9. The van der Waals surface area contributed by atoms with Gasteiger partial charge in [0, 0.05) is 39.0 Å². The number of furan rings is 1. The summed E-state index contributed by atoms with van der Waals surface area (Å²) in [7, 11) is 0. The van der Waals surface area contributed by atoms with Gasteiger partial charge in [-0.05, 0) is 104 Å². The molecule has 0 aliphatic carbocycles. The Hall–Kier alpha value is -7.88. The van der Waals surface area contributed by atoms with E-state index in [9.17, 15) is 0 Å². The van der Waals surface area contributed by atoms with E-state index in [1.807, 2.05) is 12.1 Å². The Kier molecular flexibility index (Phi) is 7.54. The van der Waals surface area contributed by atoms with Crippen LogP contribution in [0.4, 0.5) is 17.1 Å². The molecule has 0 saturated carbocycles. The van der Waals surface area contributed by atoms with Crippen molar-refractivity contribution in [2.24, 2.45) is 0 Å². The third-order valence-electron chi connectivity index (χ3n) is 11.9. The lowest BCUT2D eigenvalue weighted by atomic mass is 9.93. The molecule has 0 spiro atoms. The number of hydrogen-bond donors (Lipinski definition) is 0. The molecule has 0 unspecified atom stereocenters. The van der Waals surface area contributed by atoms with Crippen LogP contribution in [-0.4, -0.2) is 4.57 Å². The number of hydrogen-bond acceptors (Lipinski definition) is 2. The Morgan fingerprint density at radius 3 is 1.98 bits per heavy atom. The Morgan fingerprint density at radius 2 is 1.05 bits per heavy atom. The van der Waals surface area contributed by atoms with Gasteiger partial charge in [0.25, 0.3) is 0 Å². The minimum atomic E-state index is 0.856. The number of benzene rings is 10. The van der Waals surface area contributed by atoms with Gasteiger partial charge in [-0.3, -0.25) is 0 Å². The van der Waals surface area contributed by atoms with Crippen molar-refractivity contribution < 1.29 is 4.42 Å². The summed E-state index contributed by atoms with van der Waals surface area (Å²) < 4.78 is 8.97. The molecule has 0 radical (unpaired) electrons. The summed E-state index contributed by atoms with van der Waals surface area (Å²) in [5.74, 6) is 0. The van der Waals surface area contributed by atoms with Gasteiger partial charge in [0.15, 0.2) is 0 Å². The standard InChI is InChI=1S/C56H36N2O/c1-2-14-37(15-3-1)41-19-12-20-43(35-41)57(44-31-32-47-46-21-7-11-27-53(46)59-54(47)36-44)50-25-9-10-26-51(50)58-49-24-8-6-22-48(49)56-52(58)33-30-39-18-13-23-45(55(39)56)42-29-28-38-16-4-5-17-40(38)34-42/h1-36H. The van der Waals surface area contributed by atoms with Crippen LogP contribution in [0, 0.1) is 0 Å². The first-order valence-corrected chi connectivity index (χ1v) is 20.2. The van der Waals surface area contributed by atoms with E-state index in [-0.39, 0.29) is 0 Å². The Morgan fingerprint density at radius 1 is 0.356 bits per heavy atom. The predicted molar refractivity (Wildman–Crippen MR) is 249 cm³/mol. The van der Waals surface area contributed by atoms with Crippen LogP contribution in [0.3, 0.4) is 0 Å². The van der Waals surface area contributed by atoms with Crippen LogP contribution in [0.5, 0.6) is 0 Å². The van der Waals surface area contributed by atoms with Gasteiger partial charge < -0.3 is 13.9 Å². The van der Waals surface area contributed by atoms with Crippen LogP contribution in [0.25, 0.3) is 93.2 Å². The fraction of sp³-hybridized carbons (Fsp3) is 0. The third-order valence-corrected chi connectivity index (χ3v) is 11.9. The van der Waals surface area contributed by atoms with E-state index in [0.29, 0.717) is 0 Å². The van der Waals surface area contributed by atoms with Crippen LogP contribution in [0.2, 0.25) is 0 Å². The molecule has 12 aromatic rings. The lowest BCUT2D eigenvalue weighted by Crippen LogP contribution is -2.13. The molecule has 2 heterocycles. The zero-order valence-corrected chi connectivity index (χ0v) is 32.1. The summed E-state index contributed by atoms with van der Waals surface area (Å²) >= 11 is 0. The summed E-state index contributed by atoms with van der Waals surface area (Å²) in [6.07, 6.45) is 0. The average Bonchev–Trinajstić information content (AvgIpc) is 3.85. The molecule has 0 bridgehead atoms. The Balaban J connectivity index is 1.13. The van der Waals surface area contributed by atoms with Gasteiger partial charge in [-0.25, -0.2) is 0 Å². The first kappa shape index (κ1) is 33.3.